The van der Waals surface area contributed by atoms with Gasteiger partial charge in [0.25, 0.3) is 0 Å². The molecule has 0 bridgehead atoms. The summed E-state index contributed by atoms with van der Waals surface area (Å²) in [6, 6.07) is 0. The normalized spacial score (nSPS) is 39.9. The average Bonchev–Trinajstić information content (AvgIpc) is 2.65. The Morgan fingerprint density at radius 2 is 2.25 bits per heavy atom. The summed E-state index contributed by atoms with van der Waals surface area (Å²) in [4.78, 5) is 21.5. The maximum Gasteiger partial charge on any atom is 0.346 e. The van der Waals surface area contributed by atoms with Crippen molar-refractivity contribution in [3.05, 3.63) is 0 Å². The van der Waals surface area contributed by atoms with Gasteiger partial charge in [0.05, 0.1) is 19.1 Å². The predicted molar refractivity (Wildman–Crippen MR) is 35.0 cm³/mol. The molecule has 2 rings (SSSR count). The summed E-state index contributed by atoms with van der Waals surface area (Å²) in [5.41, 5.74) is -1.63. The van der Waals surface area contributed by atoms with Crippen LogP contribution in [0.3, 0.4) is 0 Å². The van der Waals surface area contributed by atoms with Gasteiger partial charge in [0.15, 0.2) is 5.60 Å². The van der Waals surface area contributed by atoms with Crippen molar-refractivity contribution >= 4 is 11.9 Å². The number of ether oxygens (including phenoxy) is 2. The molecule has 66 valence electrons. The van der Waals surface area contributed by atoms with Crippen LogP contribution in [-0.4, -0.2) is 35.4 Å². The maximum absolute atomic E-state index is 10.9. The van der Waals surface area contributed by atoms with E-state index in [0.29, 0.717) is 6.61 Å². The lowest BCUT2D eigenvalue weighted by atomic mass is 9.96. The minimum atomic E-state index is -1.63. The largest absolute Gasteiger partial charge is 0.391 e. The zero-order valence-corrected chi connectivity index (χ0v) is 6.28. The first-order valence-corrected chi connectivity index (χ1v) is 3.69. The second kappa shape index (κ2) is 2.27. The average molecular weight is 172 g/mol. The number of carbonyl (C=O) groups excluding carboxylic acids is 2. The molecule has 0 aromatic carbocycles. The highest BCUT2D eigenvalue weighted by Gasteiger charge is 2.51. The van der Waals surface area contributed by atoms with E-state index < -0.39 is 17.5 Å². The number of rotatable bonds is 2. The third kappa shape index (κ3) is 1.21. The van der Waals surface area contributed by atoms with E-state index in [1.807, 2.05) is 0 Å². The third-order valence-electron chi connectivity index (χ3n) is 1.99. The Balaban J connectivity index is 2.07. The van der Waals surface area contributed by atoms with E-state index >= 15 is 0 Å². The highest BCUT2D eigenvalue weighted by Crippen LogP contribution is 2.30. The standard InChI is InChI=1S/C7H8O5/c8-5-2-7(10,6(9)12-5)1-4-3-11-4/h4,10H,1-3H2. The molecular weight excluding hydrogens is 164 g/mol. The number of hydrogen-bond donors (Lipinski definition) is 1. The van der Waals surface area contributed by atoms with Crippen molar-refractivity contribution in [2.75, 3.05) is 6.61 Å². The molecule has 0 spiro atoms. The van der Waals surface area contributed by atoms with Crippen LogP contribution in [0.2, 0.25) is 0 Å². The summed E-state index contributed by atoms with van der Waals surface area (Å²) in [6.45, 7) is 0.545. The fourth-order valence-electron chi connectivity index (χ4n) is 1.26. The molecule has 2 aliphatic rings. The zero-order valence-electron chi connectivity index (χ0n) is 6.28. The molecule has 0 amide bonds. The fourth-order valence-corrected chi connectivity index (χ4v) is 1.26. The van der Waals surface area contributed by atoms with Crippen LogP contribution in [0.4, 0.5) is 0 Å². The summed E-state index contributed by atoms with van der Waals surface area (Å²) in [5, 5.41) is 9.57. The molecule has 0 saturated carbocycles. The van der Waals surface area contributed by atoms with Crippen molar-refractivity contribution in [3.63, 3.8) is 0 Å². The lowest BCUT2D eigenvalue weighted by molar-refractivity contribution is -0.159. The minimum Gasteiger partial charge on any atom is -0.391 e. The van der Waals surface area contributed by atoms with Crippen LogP contribution < -0.4 is 0 Å². The van der Waals surface area contributed by atoms with Gasteiger partial charge in [0, 0.05) is 6.42 Å². The summed E-state index contributed by atoms with van der Waals surface area (Å²) >= 11 is 0. The van der Waals surface area contributed by atoms with E-state index in [9.17, 15) is 14.7 Å². The Morgan fingerprint density at radius 3 is 2.67 bits per heavy atom. The van der Waals surface area contributed by atoms with E-state index in [2.05, 4.69) is 4.74 Å². The first kappa shape index (κ1) is 7.70. The van der Waals surface area contributed by atoms with Gasteiger partial charge in [-0.3, -0.25) is 4.79 Å². The number of carbonyl (C=O) groups is 2. The van der Waals surface area contributed by atoms with E-state index in [1.165, 1.54) is 0 Å². The summed E-state index contributed by atoms with van der Waals surface area (Å²) in [6.07, 6.45) is -0.169. The number of hydrogen-bond acceptors (Lipinski definition) is 5. The van der Waals surface area contributed by atoms with Gasteiger partial charge in [-0.05, 0) is 0 Å². The van der Waals surface area contributed by atoms with Crippen molar-refractivity contribution in [2.24, 2.45) is 0 Å². The predicted octanol–water partition coefficient (Wildman–Crippen LogP) is -1.02. The van der Waals surface area contributed by atoms with Gasteiger partial charge in [-0.15, -0.1) is 0 Å². The molecule has 0 aliphatic carbocycles. The molecule has 2 saturated heterocycles. The van der Waals surface area contributed by atoms with Crippen LogP contribution in [0.5, 0.6) is 0 Å². The van der Waals surface area contributed by atoms with Gasteiger partial charge in [0.2, 0.25) is 0 Å². The van der Waals surface area contributed by atoms with E-state index in [1.54, 1.807) is 0 Å². The smallest absolute Gasteiger partial charge is 0.346 e. The van der Waals surface area contributed by atoms with Crippen LogP contribution in [0, 0.1) is 0 Å². The molecular formula is C7H8O5. The second-order valence-electron chi connectivity index (χ2n) is 3.13. The van der Waals surface area contributed by atoms with E-state index in [-0.39, 0.29) is 18.9 Å². The van der Waals surface area contributed by atoms with Crippen molar-refractivity contribution in [1.29, 1.82) is 0 Å². The maximum atomic E-state index is 10.9. The molecule has 2 unspecified atom stereocenters. The summed E-state index contributed by atoms with van der Waals surface area (Å²) < 4.78 is 9.06. The fraction of sp³-hybridized carbons (Fsp3) is 0.714. The van der Waals surface area contributed by atoms with Gasteiger partial charge in [0.1, 0.15) is 0 Å². The molecule has 0 radical (unpaired) electrons. The van der Waals surface area contributed by atoms with Crippen LogP contribution in [-0.2, 0) is 19.1 Å². The number of aliphatic hydroxyl groups is 1. The molecule has 0 aromatic heterocycles. The van der Waals surface area contributed by atoms with Gasteiger partial charge in [-0.25, -0.2) is 4.79 Å². The molecule has 1 N–H and O–H groups in total. The SMILES string of the molecule is O=C1CC(O)(CC2CO2)C(=O)O1. The Hall–Kier alpha value is -0.940. The monoisotopic (exact) mass is 172 g/mol. The van der Waals surface area contributed by atoms with Crippen LogP contribution in [0.25, 0.3) is 0 Å². The van der Waals surface area contributed by atoms with Crippen molar-refractivity contribution in [2.45, 2.75) is 24.5 Å². The molecule has 5 nitrogen and oxygen atoms in total. The lowest BCUT2D eigenvalue weighted by Crippen LogP contribution is -2.35. The molecule has 12 heavy (non-hydrogen) atoms. The Bertz CT molecular complexity index is 244. The van der Waals surface area contributed by atoms with E-state index in [4.69, 9.17) is 4.74 Å². The van der Waals surface area contributed by atoms with Gasteiger partial charge in [-0.2, -0.15) is 0 Å². The third-order valence-corrected chi connectivity index (χ3v) is 1.99. The quantitative estimate of drug-likeness (QED) is 0.328. The Labute approximate surface area is 68.3 Å². The van der Waals surface area contributed by atoms with Crippen LogP contribution in [0.1, 0.15) is 12.8 Å². The van der Waals surface area contributed by atoms with Crippen molar-refractivity contribution in [1.82, 2.24) is 0 Å². The Morgan fingerprint density at radius 1 is 1.58 bits per heavy atom. The second-order valence-corrected chi connectivity index (χ2v) is 3.13. The molecule has 2 aliphatic heterocycles. The van der Waals surface area contributed by atoms with E-state index in [0.717, 1.165) is 0 Å². The van der Waals surface area contributed by atoms with Gasteiger partial charge >= 0.3 is 11.9 Å². The molecule has 2 heterocycles. The molecule has 5 heteroatoms. The topological polar surface area (TPSA) is 76.1 Å². The molecule has 2 fully saturated rings. The number of cyclic esters (lactones) is 2. The van der Waals surface area contributed by atoms with Crippen molar-refractivity contribution < 1.29 is 24.2 Å². The number of epoxide rings is 1. The first-order valence-electron chi connectivity index (χ1n) is 3.69. The molecule has 2 atom stereocenters. The minimum absolute atomic E-state index is 0.0894. The van der Waals surface area contributed by atoms with Crippen LogP contribution >= 0.6 is 0 Å². The summed E-state index contributed by atoms with van der Waals surface area (Å²) in [5.74, 6) is -1.51. The lowest BCUT2D eigenvalue weighted by Gasteiger charge is -2.13. The summed E-state index contributed by atoms with van der Waals surface area (Å²) in [7, 11) is 0. The van der Waals surface area contributed by atoms with Crippen LogP contribution in [0.15, 0.2) is 0 Å². The van der Waals surface area contributed by atoms with Crippen molar-refractivity contribution in [3.8, 4) is 0 Å². The number of esters is 2. The Kier molecular flexibility index (Phi) is 1.46. The first-order chi connectivity index (χ1) is 5.60. The highest BCUT2D eigenvalue weighted by molar-refractivity contribution is 5.99. The zero-order chi connectivity index (χ0) is 8.77. The molecule has 0 aromatic rings. The highest BCUT2D eigenvalue weighted by atomic mass is 16.6. The van der Waals surface area contributed by atoms with Gasteiger partial charge < -0.3 is 14.6 Å². The van der Waals surface area contributed by atoms with Gasteiger partial charge in [-0.1, -0.05) is 0 Å².